The molecule has 21 aromatic rings. The fraction of sp³-hybridized carbons (Fsp3) is 0. The lowest BCUT2D eigenvalue weighted by Crippen LogP contribution is -1.99. The van der Waals surface area contributed by atoms with Gasteiger partial charge in [0.1, 0.15) is 5.82 Å². The molecule has 3 aromatic heterocycles. The Morgan fingerprint density at radius 3 is 1.23 bits per heavy atom. The number of hydrogen-bond acceptors (Lipinski definition) is 1. The SMILES string of the molecule is c1cc(-c2cc3c4c(cccc4c2)-c2ccccc2-3)nc(-n2c3ccccc3c3c4ccc5cc(-c6ccc(-c7cc(-c8cc9c%10c(cccc%10c8)-c8ccccc8-9)cc(-n8c9ccccc9c9c%10ccc%11ccccc%11c%10c%10ccccc%10c98)c7)cc6)ccc5c4c4ccccc4c32)c1. The maximum Gasteiger partial charge on any atom is 0.138 e. The molecule has 0 radical (unpaired) electrons. The first kappa shape index (κ1) is 54.0. The number of aromatic nitrogens is 3. The molecule has 23 rings (SSSR count). The average molecular weight is 1260 g/mol. The van der Waals surface area contributed by atoms with Crippen LogP contribution in [0.5, 0.6) is 0 Å². The molecule has 0 fully saturated rings. The van der Waals surface area contributed by atoms with Crippen molar-refractivity contribution in [2.75, 3.05) is 0 Å². The second-order valence-corrected chi connectivity index (χ2v) is 27.5. The second-order valence-electron chi connectivity index (χ2n) is 27.5. The van der Waals surface area contributed by atoms with Gasteiger partial charge in [-0.05, 0) is 226 Å². The molecule has 0 amide bonds. The number of hydrogen-bond donors (Lipinski definition) is 0. The summed E-state index contributed by atoms with van der Waals surface area (Å²) in [6.45, 7) is 0. The zero-order valence-corrected chi connectivity index (χ0v) is 54.1. The summed E-state index contributed by atoms with van der Waals surface area (Å²) in [5.74, 6) is 0.895. The molecule has 0 saturated heterocycles. The van der Waals surface area contributed by atoms with E-state index in [1.807, 2.05) is 0 Å². The Morgan fingerprint density at radius 2 is 0.600 bits per heavy atom. The molecule has 0 unspecified atom stereocenters. The summed E-state index contributed by atoms with van der Waals surface area (Å²) in [7, 11) is 0. The van der Waals surface area contributed by atoms with Crippen LogP contribution in [0.1, 0.15) is 0 Å². The Balaban J connectivity index is 0.674. The molecular weight excluding hydrogens is 1210 g/mol. The summed E-state index contributed by atoms with van der Waals surface area (Å²) < 4.78 is 4.98. The number of fused-ring (bicyclic) bond motifs is 26. The standard InChI is InChI=1S/C97H55N3/c1-2-21-68-58(18-1)42-46-82-92(68)76-26-7-9-28-78(76)96-94(82)80-30-11-13-35-87(80)99(96)67-52-63(51-64(53-67)65-49-61-19-15-32-74-70-22-3-5-24-72(70)84(54-65)90(61)74)57-40-38-56(39-41-57)59-43-45-69-60(48-59)44-47-83-93(69)77-27-8-10-29-79(77)97-95(83)81-31-12-14-36-88(81)100(97)89-37-17-34-86(98-89)66-50-62-20-16-33-75-71-23-4-6-25-73(71)85(55-66)91(62)75/h1-55H. The molecular formula is C97H55N3. The highest BCUT2D eigenvalue weighted by Gasteiger charge is 2.27. The third-order valence-electron chi connectivity index (χ3n) is 22.4. The fourth-order valence-corrected chi connectivity index (χ4v) is 18.2. The van der Waals surface area contributed by atoms with Gasteiger partial charge in [0.2, 0.25) is 0 Å². The van der Waals surface area contributed by atoms with Crippen molar-refractivity contribution < 1.29 is 0 Å². The van der Waals surface area contributed by atoms with Crippen LogP contribution in [0.3, 0.4) is 0 Å². The molecule has 0 spiro atoms. The Labute approximate surface area is 574 Å². The van der Waals surface area contributed by atoms with Crippen molar-refractivity contribution in [1.29, 1.82) is 0 Å². The molecule has 3 nitrogen and oxygen atoms in total. The molecule has 0 aliphatic heterocycles. The van der Waals surface area contributed by atoms with E-state index in [0.29, 0.717) is 0 Å². The summed E-state index contributed by atoms with van der Waals surface area (Å²) in [5.41, 5.74) is 25.3. The maximum absolute atomic E-state index is 5.60. The molecule has 18 aromatic carbocycles. The molecule has 0 saturated carbocycles. The van der Waals surface area contributed by atoms with Gasteiger partial charge in [-0.1, -0.05) is 261 Å². The summed E-state index contributed by atoms with van der Waals surface area (Å²) in [5, 5.41) is 25.0. The minimum Gasteiger partial charge on any atom is -0.309 e. The topological polar surface area (TPSA) is 22.8 Å². The van der Waals surface area contributed by atoms with Gasteiger partial charge in [-0.25, -0.2) is 4.98 Å². The highest BCUT2D eigenvalue weighted by Crippen LogP contribution is 2.53. The quantitative estimate of drug-likeness (QED) is 0.152. The summed E-state index contributed by atoms with van der Waals surface area (Å²) in [6.07, 6.45) is 0. The molecule has 0 bridgehead atoms. The fourth-order valence-electron chi connectivity index (χ4n) is 18.2. The second kappa shape index (κ2) is 20.2. The first-order valence-electron chi connectivity index (χ1n) is 34.7. The average Bonchev–Trinajstić information content (AvgIpc) is 1.52. The van der Waals surface area contributed by atoms with Crippen LogP contribution in [0.15, 0.2) is 334 Å². The van der Waals surface area contributed by atoms with Crippen molar-refractivity contribution in [2.45, 2.75) is 0 Å². The van der Waals surface area contributed by atoms with Crippen LogP contribution in [0.2, 0.25) is 0 Å². The largest absolute Gasteiger partial charge is 0.309 e. The minimum absolute atomic E-state index is 0.895. The van der Waals surface area contributed by atoms with Gasteiger partial charge in [-0.15, -0.1) is 0 Å². The summed E-state index contributed by atoms with van der Waals surface area (Å²) in [4.78, 5) is 5.60. The molecule has 0 N–H and O–H groups in total. The minimum atomic E-state index is 0.895. The van der Waals surface area contributed by atoms with Crippen molar-refractivity contribution >= 4 is 130 Å². The highest BCUT2D eigenvalue weighted by molar-refractivity contribution is 6.38. The number of nitrogens with zero attached hydrogens (tertiary/aromatic N) is 3. The van der Waals surface area contributed by atoms with Crippen LogP contribution < -0.4 is 0 Å². The van der Waals surface area contributed by atoms with Gasteiger partial charge in [-0.3, -0.25) is 4.57 Å². The smallest absolute Gasteiger partial charge is 0.138 e. The van der Waals surface area contributed by atoms with Crippen LogP contribution in [-0.4, -0.2) is 14.1 Å². The first-order valence-corrected chi connectivity index (χ1v) is 34.7. The van der Waals surface area contributed by atoms with Crippen LogP contribution >= 0.6 is 0 Å². The van der Waals surface area contributed by atoms with Gasteiger partial charge in [0, 0.05) is 43.6 Å². The predicted octanol–water partition coefficient (Wildman–Crippen LogP) is 26.5. The molecule has 100 heavy (non-hydrogen) atoms. The maximum atomic E-state index is 5.60. The monoisotopic (exact) mass is 1260 g/mol. The van der Waals surface area contributed by atoms with Gasteiger partial charge in [0.15, 0.2) is 0 Å². The number of para-hydroxylation sites is 2. The number of pyridine rings is 1. The van der Waals surface area contributed by atoms with Crippen molar-refractivity contribution in [3.8, 4) is 101 Å². The van der Waals surface area contributed by atoms with Gasteiger partial charge in [0.25, 0.3) is 0 Å². The third-order valence-corrected chi connectivity index (χ3v) is 22.4. The predicted molar refractivity (Wildman–Crippen MR) is 424 cm³/mol. The van der Waals surface area contributed by atoms with E-state index in [2.05, 4.69) is 343 Å². The molecule has 3 heteroatoms. The zero-order valence-electron chi connectivity index (χ0n) is 54.1. The molecule has 2 aliphatic rings. The molecule has 3 heterocycles. The van der Waals surface area contributed by atoms with E-state index in [1.165, 1.54) is 191 Å². The molecule has 0 atom stereocenters. The lowest BCUT2D eigenvalue weighted by molar-refractivity contribution is 1.09. The lowest BCUT2D eigenvalue weighted by Gasteiger charge is -2.17. The Bertz CT molecular complexity index is 7260. The number of benzene rings is 18. The van der Waals surface area contributed by atoms with Crippen LogP contribution in [-0.2, 0) is 0 Å². The summed E-state index contributed by atoms with van der Waals surface area (Å²) >= 11 is 0. The Hall–Kier alpha value is -13.2. The van der Waals surface area contributed by atoms with Gasteiger partial charge in [0.05, 0.1) is 27.8 Å². The van der Waals surface area contributed by atoms with Crippen molar-refractivity contribution in [1.82, 2.24) is 14.1 Å². The van der Waals surface area contributed by atoms with E-state index in [1.54, 1.807) is 0 Å². The van der Waals surface area contributed by atoms with E-state index in [-0.39, 0.29) is 0 Å². The normalized spacial score (nSPS) is 12.4. The van der Waals surface area contributed by atoms with Gasteiger partial charge in [-0.2, -0.15) is 0 Å². The van der Waals surface area contributed by atoms with Crippen LogP contribution in [0.4, 0.5) is 0 Å². The van der Waals surface area contributed by atoms with E-state index < -0.39 is 0 Å². The van der Waals surface area contributed by atoms with Crippen LogP contribution in [0.25, 0.3) is 230 Å². The number of rotatable bonds is 6. The van der Waals surface area contributed by atoms with E-state index in [4.69, 9.17) is 4.98 Å². The van der Waals surface area contributed by atoms with Gasteiger partial charge >= 0.3 is 0 Å². The first-order chi connectivity index (χ1) is 49.6. The van der Waals surface area contributed by atoms with E-state index in [9.17, 15) is 0 Å². The Kier molecular flexibility index (Phi) is 10.9. The van der Waals surface area contributed by atoms with Crippen molar-refractivity contribution in [2.24, 2.45) is 0 Å². The lowest BCUT2D eigenvalue weighted by atomic mass is 9.91. The highest BCUT2D eigenvalue weighted by atomic mass is 15.1. The zero-order chi connectivity index (χ0) is 65.0. The molecule has 458 valence electrons. The van der Waals surface area contributed by atoms with Crippen molar-refractivity contribution in [3.05, 3.63) is 334 Å². The summed E-state index contributed by atoms with van der Waals surface area (Å²) in [6, 6.07) is 125. The van der Waals surface area contributed by atoms with Crippen molar-refractivity contribution in [3.63, 3.8) is 0 Å². The third kappa shape index (κ3) is 7.44. The van der Waals surface area contributed by atoms with Crippen LogP contribution in [0, 0.1) is 0 Å². The van der Waals surface area contributed by atoms with E-state index in [0.717, 1.165) is 39.4 Å². The van der Waals surface area contributed by atoms with E-state index >= 15 is 0 Å². The Morgan fingerprint density at radius 1 is 0.190 bits per heavy atom. The van der Waals surface area contributed by atoms with Gasteiger partial charge < -0.3 is 4.57 Å². The molecule has 2 aliphatic carbocycles.